The van der Waals surface area contributed by atoms with Gasteiger partial charge in [0.25, 0.3) is 0 Å². The van der Waals surface area contributed by atoms with Crippen LogP contribution in [0.2, 0.25) is 0 Å². The van der Waals surface area contributed by atoms with E-state index >= 15 is 0 Å². The molecule has 110 valence electrons. The fourth-order valence-corrected chi connectivity index (χ4v) is 2.45. The van der Waals surface area contributed by atoms with Crippen LogP contribution in [0.4, 0.5) is 0 Å². The van der Waals surface area contributed by atoms with Gasteiger partial charge in [-0.05, 0) is 36.2 Å². The Morgan fingerprint density at radius 2 is 2.19 bits per heavy atom. The van der Waals surface area contributed by atoms with Gasteiger partial charge in [-0.3, -0.25) is 4.98 Å². The van der Waals surface area contributed by atoms with Crippen molar-refractivity contribution in [2.24, 2.45) is 5.92 Å². The molecule has 0 saturated carbocycles. The quantitative estimate of drug-likeness (QED) is 0.917. The van der Waals surface area contributed by atoms with E-state index < -0.39 is 0 Å². The van der Waals surface area contributed by atoms with Gasteiger partial charge in [0.15, 0.2) is 0 Å². The van der Waals surface area contributed by atoms with Gasteiger partial charge in [-0.2, -0.15) is 0 Å². The van der Waals surface area contributed by atoms with Crippen molar-refractivity contribution >= 4 is 0 Å². The fraction of sp³-hybridized carbons (Fsp3) is 0.353. The SMILES string of the molecule is OCc1ccnc(-c2ccccc2OCC2CCOC2)c1. The van der Waals surface area contributed by atoms with Gasteiger partial charge in [-0.15, -0.1) is 0 Å². The first-order valence-corrected chi connectivity index (χ1v) is 7.22. The number of aliphatic hydroxyl groups excluding tert-OH is 1. The first-order chi connectivity index (χ1) is 10.4. The van der Waals surface area contributed by atoms with Crippen LogP contribution in [0.3, 0.4) is 0 Å². The molecule has 1 aromatic carbocycles. The van der Waals surface area contributed by atoms with Crippen molar-refractivity contribution in [2.75, 3.05) is 19.8 Å². The van der Waals surface area contributed by atoms with E-state index in [4.69, 9.17) is 9.47 Å². The summed E-state index contributed by atoms with van der Waals surface area (Å²) in [5.74, 6) is 1.29. The van der Waals surface area contributed by atoms with Crippen molar-refractivity contribution in [3.63, 3.8) is 0 Å². The summed E-state index contributed by atoms with van der Waals surface area (Å²) in [7, 11) is 0. The smallest absolute Gasteiger partial charge is 0.128 e. The van der Waals surface area contributed by atoms with E-state index in [2.05, 4.69) is 4.98 Å². The molecule has 4 nitrogen and oxygen atoms in total. The van der Waals surface area contributed by atoms with Crippen molar-refractivity contribution in [3.05, 3.63) is 48.2 Å². The molecular weight excluding hydrogens is 266 g/mol. The van der Waals surface area contributed by atoms with Crippen LogP contribution in [0.15, 0.2) is 42.6 Å². The largest absolute Gasteiger partial charge is 0.493 e. The zero-order chi connectivity index (χ0) is 14.5. The summed E-state index contributed by atoms with van der Waals surface area (Å²) in [4.78, 5) is 4.38. The number of rotatable bonds is 5. The number of nitrogens with zero attached hydrogens (tertiary/aromatic N) is 1. The molecule has 2 heterocycles. The maximum absolute atomic E-state index is 9.25. The van der Waals surface area contributed by atoms with Crippen molar-refractivity contribution in [1.29, 1.82) is 0 Å². The molecule has 2 aromatic rings. The van der Waals surface area contributed by atoms with Gasteiger partial charge in [0, 0.05) is 24.3 Å². The number of aromatic nitrogens is 1. The van der Waals surface area contributed by atoms with E-state index in [-0.39, 0.29) is 6.61 Å². The molecule has 0 amide bonds. The predicted octanol–water partition coefficient (Wildman–Crippen LogP) is 2.66. The normalized spacial score (nSPS) is 17.9. The molecule has 1 N–H and O–H groups in total. The second-order valence-corrected chi connectivity index (χ2v) is 5.24. The third kappa shape index (κ3) is 3.40. The highest BCUT2D eigenvalue weighted by atomic mass is 16.5. The van der Waals surface area contributed by atoms with Crippen molar-refractivity contribution < 1.29 is 14.6 Å². The molecule has 0 aliphatic carbocycles. The van der Waals surface area contributed by atoms with Crippen molar-refractivity contribution in [1.82, 2.24) is 4.98 Å². The third-order valence-corrected chi connectivity index (χ3v) is 3.67. The van der Waals surface area contributed by atoms with Crippen LogP contribution < -0.4 is 4.74 Å². The average Bonchev–Trinajstić information content (AvgIpc) is 3.07. The summed E-state index contributed by atoms with van der Waals surface area (Å²) >= 11 is 0. The average molecular weight is 285 g/mol. The van der Waals surface area contributed by atoms with Gasteiger partial charge in [-0.1, -0.05) is 12.1 Å². The Balaban J connectivity index is 1.80. The number of hydrogen-bond acceptors (Lipinski definition) is 4. The highest BCUT2D eigenvalue weighted by Crippen LogP contribution is 2.29. The highest BCUT2D eigenvalue weighted by Gasteiger charge is 2.17. The molecule has 1 saturated heterocycles. The second kappa shape index (κ2) is 6.70. The molecule has 21 heavy (non-hydrogen) atoms. The number of hydrogen-bond donors (Lipinski definition) is 1. The van der Waals surface area contributed by atoms with E-state index in [0.29, 0.717) is 12.5 Å². The summed E-state index contributed by atoms with van der Waals surface area (Å²) in [6.45, 7) is 2.28. The van der Waals surface area contributed by atoms with E-state index in [9.17, 15) is 5.11 Å². The zero-order valence-electron chi connectivity index (χ0n) is 11.9. The van der Waals surface area contributed by atoms with Gasteiger partial charge in [0.1, 0.15) is 5.75 Å². The molecule has 0 bridgehead atoms. The van der Waals surface area contributed by atoms with Gasteiger partial charge in [0.05, 0.1) is 25.5 Å². The van der Waals surface area contributed by atoms with E-state index in [1.807, 2.05) is 36.4 Å². The lowest BCUT2D eigenvalue weighted by Gasteiger charge is -2.14. The van der Waals surface area contributed by atoms with Gasteiger partial charge in [-0.25, -0.2) is 0 Å². The monoisotopic (exact) mass is 285 g/mol. The Morgan fingerprint density at radius 1 is 1.29 bits per heavy atom. The molecule has 1 fully saturated rings. The lowest BCUT2D eigenvalue weighted by Crippen LogP contribution is -2.12. The summed E-state index contributed by atoms with van der Waals surface area (Å²) in [5, 5.41) is 9.25. The molecule has 1 aliphatic heterocycles. The number of pyridine rings is 1. The first-order valence-electron chi connectivity index (χ1n) is 7.22. The Labute approximate surface area is 124 Å². The Kier molecular flexibility index (Phi) is 4.48. The van der Waals surface area contributed by atoms with E-state index in [1.54, 1.807) is 6.20 Å². The number of ether oxygens (including phenoxy) is 2. The minimum absolute atomic E-state index is 0.0119. The lowest BCUT2D eigenvalue weighted by molar-refractivity contribution is 0.167. The van der Waals surface area contributed by atoms with Crippen LogP contribution in [-0.2, 0) is 11.3 Å². The summed E-state index contributed by atoms with van der Waals surface area (Å²) in [6, 6.07) is 11.6. The van der Waals surface area contributed by atoms with Gasteiger partial charge < -0.3 is 14.6 Å². The maximum atomic E-state index is 9.25. The Morgan fingerprint density at radius 3 is 3.00 bits per heavy atom. The number of para-hydroxylation sites is 1. The van der Waals surface area contributed by atoms with Crippen molar-refractivity contribution in [3.8, 4) is 17.0 Å². The topological polar surface area (TPSA) is 51.6 Å². The number of aliphatic hydroxyl groups is 1. The zero-order valence-corrected chi connectivity index (χ0v) is 11.9. The molecule has 1 unspecified atom stereocenters. The van der Waals surface area contributed by atoms with Crippen LogP contribution in [0, 0.1) is 5.92 Å². The molecule has 1 atom stereocenters. The standard InChI is InChI=1S/C17H19NO3/c19-10-13-5-7-18-16(9-13)15-3-1-2-4-17(15)21-12-14-6-8-20-11-14/h1-5,7,9,14,19H,6,8,10-12H2. The Bertz CT molecular complexity index is 594. The predicted molar refractivity (Wildman–Crippen MR) is 80.0 cm³/mol. The van der Waals surface area contributed by atoms with Crippen LogP contribution in [-0.4, -0.2) is 29.9 Å². The maximum Gasteiger partial charge on any atom is 0.128 e. The minimum atomic E-state index is 0.0119. The van der Waals surface area contributed by atoms with Crippen molar-refractivity contribution in [2.45, 2.75) is 13.0 Å². The van der Waals surface area contributed by atoms with Crippen LogP contribution in [0.5, 0.6) is 5.75 Å². The number of benzene rings is 1. The summed E-state index contributed by atoms with van der Waals surface area (Å²) < 4.78 is 11.3. The fourth-order valence-electron chi connectivity index (χ4n) is 2.45. The highest BCUT2D eigenvalue weighted by molar-refractivity contribution is 5.67. The Hall–Kier alpha value is -1.91. The van der Waals surface area contributed by atoms with Crippen LogP contribution in [0.25, 0.3) is 11.3 Å². The molecular formula is C17H19NO3. The van der Waals surface area contributed by atoms with Crippen LogP contribution >= 0.6 is 0 Å². The first kappa shape index (κ1) is 14.0. The molecule has 4 heteroatoms. The molecule has 3 rings (SSSR count). The van der Waals surface area contributed by atoms with E-state index in [1.165, 1.54) is 0 Å². The molecule has 0 spiro atoms. The summed E-state index contributed by atoms with van der Waals surface area (Å²) in [5.41, 5.74) is 2.62. The van der Waals surface area contributed by atoms with Gasteiger partial charge >= 0.3 is 0 Å². The summed E-state index contributed by atoms with van der Waals surface area (Å²) in [6.07, 6.45) is 2.77. The second-order valence-electron chi connectivity index (χ2n) is 5.24. The van der Waals surface area contributed by atoms with E-state index in [0.717, 1.165) is 42.2 Å². The molecule has 1 aliphatic rings. The molecule has 0 radical (unpaired) electrons. The molecule has 1 aromatic heterocycles. The minimum Gasteiger partial charge on any atom is -0.493 e. The van der Waals surface area contributed by atoms with Gasteiger partial charge in [0.2, 0.25) is 0 Å². The van der Waals surface area contributed by atoms with Crippen LogP contribution in [0.1, 0.15) is 12.0 Å². The third-order valence-electron chi connectivity index (χ3n) is 3.67. The lowest BCUT2D eigenvalue weighted by atomic mass is 10.1.